The molecule has 3 rings (SSSR count). The van der Waals surface area contributed by atoms with Crippen molar-refractivity contribution in [2.24, 2.45) is 5.92 Å². The molecule has 0 bridgehead atoms. The highest BCUT2D eigenvalue weighted by atomic mass is 16.5. The van der Waals surface area contributed by atoms with Crippen LogP contribution in [-0.4, -0.2) is 52.3 Å². The minimum absolute atomic E-state index is 0.194. The lowest BCUT2D eigenvalue weighted by Crippen LogP contribution is -2.42. The Balaban J connectivity index is 1.83. The molecule has 0 spiro atoms. The van der Waals surface area contributed by atoms with Crippen LogP contribution >= 0.6 is 0 Å². The van der Waals surface area contributed by atoms with Crippen molar-refractivity contribution in [2.45, 2.75) is 12.8 Å². The highest BCUT2D eigenvalue weighted by molar-refractivity contribution is 6.00. The smallest absolute Gasteiger partial charge is 0.308 e. The topological polar surface area (TPSA) is 95.5 Å². The molecule has 1 atom stereocenters. The lowest BCUT2D eigenvalue weighted by molar-refractivity contribution is -0.143. The Kier molecular flexibility index (Phi) is 4.50. The first-order chi connectivity index (χ1) is 11.6. The van der Waals surface area contributed by atoms with Crippen LogP contribution in [0.5, 0.6) is 5.75 Å². The molecule has 1 saturated heterocycles. The van der Waals surface area contributed by atoms with Crippen LogP contribution in [0.2, 0.25) is 0 Å². The van der Waals surface area contributed by atoms with E-state index < -0.39 is 11.9 Å². The van der Waals surface area contributed by atoms with Crippen molar-refractivity contribution in [3.8, 4) is 17.0 Å². The number of ether oxygens (including phenoxy) is 1. The van der Waals surface area contributed by atoms with E-state index in [2.05, 4.69) is 10.2 Å². The van der Waals surface area contributed by atoms with Gasteiger partial charge in [0.2, 0.25) is 0 Å². The number of amides is 1. The summed E-state index contributed by atoms with van der Waals surface area (Å²) in [7, 11) is 1.59. The number of likely N-dealkylation sites (tertiary alicyclic amines) is 1. The number of benzene rings is 1. The first kappa shape index (κ1) is 16.0. The van der Waals surface area contributed by atoms with Gasteiger partial charge in [-0.2, -0.15) is 5.10 Å². The third-order valence-corrected chi connectivity index (χ3v) is 4.31. The summed E-state index contributed by atoms with van der Waals surface area (Å²) >= 11 is 0. The number of aromatic amines is 1. The lowest BCUT2D eigenvalue weighted by atomic mass is 9.97. The highest BCUT2D eigenvalue weighted by Crippen LogP contribution is 2.26. The summed E-state index contributed by atoms with van der Waals surface area (Å²) in [6.07, 6.45) is 2.79. The first-order valence-electron chi connectivity index (χ1n) is 7.80. The fourth-order valence-corrected chi connectivity index (χ4v) is 2.96. The average molecular weight is 329 g/mol. The third-order valence-electron chi connectivity index (χ3n) is 4.31. The fourth-order valence-electron chi connectivity index (χ4n) is 2.96. The molecule has 1 aromatic carbocycles. The summed E-state index contributed by atoms with van der Waals surface area (Å²) in [4.78, 5) is 25.6. The van der Waals surface area contributed by atoms with E-state index >= 15 is 0 Å². The summed E-state index contributed by atoms with van der Waals surface area (Å²) in [5, 5.41) is 16.0. The number of aliphatic carboxylic acids is 1. The van der Waals surface area contributed by atoms with Gasteiger partial charge >= 0.3 is 5.97 Å². The number of aromatic nitrogens is 2. The third kappa shape index (κ3) is 3.10. The van der Waals surface area contributed by atoms with Crippen LogP contribution in [0.25, 0.3) is 11.3 Å². The van der Waals surface area contributed by atoms with Crippen LogP contribution < -0.4 is 4.74 Å². The minimum atomic E-state index is -0.852. The zero-order valence-electron chi connectivity index (χ0n) is 13.4. The predicted molar refractivity (Wildman–Crippen MR) is 86.8 cm³/mol. The van der Waals surface area contributed by atoms with Crippen molar-refractivity contribution in [1.82, 2.24) is 15.1 Å². The number of carboxylic acids is 1. The van der Waals surface area contributed by atoms with Crippen LogP contribution in [-0.2, 0) is 4.79 Å². The molecule has 2 heterocycles. The van der Waals surface area contributed by atoms with Crippen LogP contribution in [0.1, 0.15) is 23.2 Å². The summed E-state index contributed by atoms with van der Waals surface area (Å²) < 4.78 is 5.14. The number of carbonyl (C=O) groups is 2. The summed E-state index contributed by atoms with van der Waals surface area (Å²) in [6.45, 7) is 0.803. The molecule has 2 aromatic rings. The Labute approximate surface area is 139 Å². The molecule has 2 N–H and O–H groups in total. The summed E-state index contributed by atoms with van der Waals surface area (Å²) in [6, 6.07) is 7.32. The van der Waals surface area contributed by atoms with Crippen molar-refractivity contribution in [1.29, 1.82) is 0 Å². The van der Waals surface area contributed by atoms with Crippen LogP contribution in [0, 0.1) is 5.92 Å². The Bertz CT molecular complexity index is 739. The zero-order valence-corrected chi connectivity index (χ0v) is 13.4. The van der Waals surface area contributed by atoms with Crippen LogP contribution in [0.3, 0.4) is 0 Å². The molecule has 1 fully saturated rings. The van der Waals surface area contributed by atoms with Gasteiger partial charge in [-0.05, 0) is 37.1 Å². The van der Waals surface area contributed by atoms with Gasteiger partial charge in [-0.25, -0.2) is 0 Å². The number of hydrogen-bond acceptors (Lipinski definition) is 4. The molecule has 24 heavy (non-hydrogen) atoms. The monoisotopic (exact) mass is 329 g/mol. The Morgan fingerprint density at radius 2 is 2.08 bits per heavy atom. The van der Waals surface area contributed by atoms with Crippen molar-refractivity contribution < 1.29 is 19.4 Å². The molecule has 1 aromatic heterocycles. The largest absolute Gasteiger partial charge is 0.497 e. The van der Waals surface area contributed by atoms with E-state index in [-0.39, 0.29) is 12.5 Å². The molecular formula is C17H19N3O4. The summed E-state index contributed by atoms with van der Waals surface area (Å²) in [5.74, 6) is -0.818. The van der Waals surface area contributed by atoms with Gasteiger partial charge in [0.1, 0.15) is 5.75 Å². The second kappa shape index (κ2) is 6.74. The predicted octanol–water partition coefficient (Wildman–Crippen LogP) is 2.02. The fraction of sp³-hybridized carbons (Fsp3) is 0.353. The summed E-state index contributed by atoms with van der Waals surface area (Å²) in [5.41, 5.74) is 1.90. The number of hydrogen-bond donors (Lipinski definition) is 2. The normalized spacial score (nSPS) is 17.5. The number of carbonyl (C=O) groups excluding carboxylic acids is 1. The number of nitrogens with zero attached hydrogens (tertiary/aromatic N) is 2. The van der Waals surface area contributed by atoms with Gasteiger partial charge in [0.05, 0.1) is 30.5 Å². The standard InChI is InChI=1S/C17H19N3O4/c1-24-13-6-4-11(5-7-13)15-14(9-18-19-15)16(21)20-8-2-3-12(10-20)17(22)23/h4-7,9,12H,2-3,8,10H2,1H3,(H,18,19)(H,22,23). The quantitative estimate of drug-likeness (QED) is 0.895. The number of H-pyrrole nitrogens is 1. The van der Waals surface area contributed by atoms with E-state index in [1.807, 2.05) is 24.3 Å². The van der Waals surface area contributed by atoms with Gasteiger partial charge in [0.25, 0.3) is 5.91 Å². The number of carboxylic acid groups (broad SMARTS) is 1. The van der Waals surface area contributed by atoms with Gasteiger partial charge in [-0.1, -0.05) is 0 Å². The molecule has 1 unspecified atom stereocenters. The second-order valence-electron chi connectivity index (χ2n) is 5.82. The molecule has 7 heteroatoms. The maximum atomic E-state index is 12.8. The second-order valence-corrected chi connectivity index (χ2v) is 5.82. The number of nitrogens with one attached hydrogen (secondary N) is 1. The van der Waals surface area contributed by atoms with Crippen molar-refractivity contribution in [3.05, 3.63) is 36.0 Å². The zero-order chi connectivity index (χ0) is 17.1. The maximum absolute atomic E-state index is 12.8. The Morgan fingerprint density at radius 3 is 2.75 bits per heavy atom. The SMILES string of the molecule is COc1ccc(-c2[nH]ncc2C(=O)N2CCCC(C(=O)O)C2)cc1. The molecule has 1 aliphatic rings. The van der Waals surface area contributed by atoms with E-state index in [0.29, 0.717) is 30.6 Å². The van der Waals surface area contributed by atoms with E-state index in [1.54, 1.807) is 12.0 Å². The van der Waals surface area contributed by atoms with Gasteiger partial charge in [0, 0.05) is 18.7 Å². The van der Waals surface area contributed by atoms with E-state index in [9.17, 15) is 14.7 Å². The lowest BCUT2D eigenvalue weighted by Gasteiger charge is -2.30. The molecule has 0 radical (unpaired) electrons. The van der Waals surface area contributed by atoms with Gasteiger partial charge in [0.15, 0.2) is 0 Å². The molecule has 7 nitrogen and oxygen atoms in total. The Hall–Kier alpha value is -2.83. The van der Waals surface area contributed by atoms with E-state index in [1.165, 1.54) is 6.20 Å². The minimum Gasteiger partial charge on any atom is -0.497 e. The van der Waals surface area contributed by atoms with Gasteiger partial charge in [-0.3, -0.25) is 14.7 Å². The highest BCUT2D eigenvalue weighted by Gasteiger charge is 2.30. The number of rotatable bonds is 4. The van der Waals surface area contributed by atoms with Gasteiger partial charge < -0.3 is 14.7 Å². The van der Waals surface area contributed by atoms with Crippen molar-refractivity contribution >= 4 is 11.9 Å². The molecule has 0 aliphatic carbocycles. The number of piperidine rings is 1. The van der Waals surface area contributed by atoms with E-state index in [0.717, 1.165) is 11.3 Å². The van der Waals surface area contributed by atoms with Crippen molar-refractivity contribution in [3.63, 3.8) is 0 Å². The van der Waals surface area contributed by atoms with Crippen molar-refractivity contribution in [2.75, 3.05) is 20.2 Å². The molecule has 126 valence electrons. The maximum Gasteiger partial charge on any atom is 0.308 e. The Morgan fingerprint density at radius 1 is 1.33 bits per heavy atom. The number of methoxy groups -OCH3 is 1. The molecule has 1 amide bonds. The van der Waals surface area contributed by atoms with Crippen LogP contribution in [0.15, 0.2) is 30.5 Å². The first-order valence-corrected chi connectivity index (χ1v) is 7.80. The molecular weight excluding hydrogens is 310 g/mol. The molecule has 0 saturated carbocycles. The molecule has 1 aliphatic heterocycles. The van der Waals surface area contributed by atoms with Crippen LogP contribution in [0.4, 0.5) is 0 Å². The average Bonchev–Trinajstić information content (AvgIpc) is 3.11. The van der Waals surface area contributed by atoms with E-state index in [4.69, 9.17) is 4.74 Å². The van der Waals surface area contributed by atoms with Gasteiger partial charge in [-0.15, -0.1) is 0 Å².